The van der Waals surface area contributed by atoms with E-state index >= 15 is 0 Å². The van der Waals surface area contributed by atoms with Gasteiger partial charge in [0.2, 0.25) is 0 Å². The quantitative estimate of drug-likeness (QED) is 0.710. The van der Waals surface area contributed by atoms with Gasteiger partial charge in [0, 0.05) is 5.02 Å². The summed E-state index contributed by atoms with van der Waals surface area (Å²) < 4.78 is 29.7. The van der Waals surface area contributed by atoms with Gasteiger partial charge in [-0.25, -0.2) is 0 Å². The van der Waals surface area contributed by atoms with Crippen molar-refractivity contribution < 1.29 is 13.0 Å². The van der Waals surface area contributed by atoms with Gasteiger partial charge in [0.1, 0.15) is 0 Å². The Balaban J connectivity index is 3.33. The van der Waals surface area contributed by atoms with Crippen LogP contribution in [0.5, 0.6) is 0 Å². The Kier molecular flexibility index (Phi) is 2.41. The van der Waals surface area contributed by atoms with Crippen LogP contribution in [0.2, 0.25) is 5.02 Å². The van der Waals surface area contributed by atoms with E-state index in [1.807, 2.05) is 0 Å². The highest BCUT2D eigenvalue weighted by atomic mass is 35.5. The van der Waals surface area contributed by atoms with Crippen molar-refractivity contribution in [2.45, 2.75) is 11.8 Å². The summed E-state index contributed by atoms with van der Waals surface area (Å²) in [5.41, 5.74) is 0.643. The molecule has 0 aliphatic heterocycles. The lowest BCUT2D eigenvalue weighted by atomic mass is 10.2. The second-order valence-corrected chi connectivity index (χ2v) is 4.11. The van der Waals surface area contributed by atoms with Crippen molar-refractivity contribution in [2.24, 2.45) is 0 Å². The molecule has 1 N–H and O–H groups in total. The SMILES string of the molecule is Cc1[c]cc(S(=O)(=O)O)cc1Cl. The lowest BCUT2D eigenvalue weighted by Gasteiger charge is -1.99. The third kappa shape index (κ3) is 1.97. The Labute approximate surface area is 75.7 Å². The minimum atomic E-state index is -4.16. The number of benzene rings is 1. The standard InChI is InChI=1S/C7H6ClO3S/c1-5-2-3-6(4-7(5)8)12(9,10)11/h3-4H,1H3,(H,9,10,11). The predicted octanol–water partition coefficient (Wildman–Crippen LogP) is 1.70. The number of hydrogen-bond acceptors (Lipinski definition) is 2. The van der Waals surface area contributed by atoms with Crippen molar-refractivity contribution in [1.82, 2.24) is 0 Å². The summed E-state index contributed by atoms with van der Waals surface area (Å²) in [6, 6.07) is 4.96. The predicted molar refractivity (Wildman–Crippen MR) is 44.8 cm³/mol. The summed E-state index contributed by atoms with van der Waals surface area (Å²) in [7, 11) is -4.16. The fraction of sp³-hybridized carbons (Fsp3) is 0.143. The fourth-order valence-corrected chi connectivity index (χ4v) is 1.38. The molecule has 1 radical (unpaired) electrons. The maximum absolute atomic E-state index is 10.6. The Morgan fingerprint density at radius 3 is 2.58 bits per heavy atom. The minimum absolute atomic E-state index is 0.238. The van der Waals surface area contributed by atoms with E-state index in [4.69, 9.17) is 16.2 Å². The summed E-state index contributed by atoms with van der Waals surface area (Å²) in [6.07, 6.45) is 0. The lowest BCUT2D eigenvalue weighted by Crippen LogP contribution is -1.97. The van der Waals surface area contributed by atoms with Gasteiger partial charge in [0.25, 0.3) is 10.1 Å². The Morgan fingerprint density at radius 1 is 1.58 bits per heavy atom. The van der Waals surface area contributed by atoms with Crippen molar-refractivity contribution in [3.8, 4) is 0 Å². The van der Waals surface area contributed by atoms with Crippen molar-refractivity contribution >= 4 is 21.7 Å². The Bertz CT molecular complexity index is 397. The molecular weight excluding hydrogens is 200 g/mol. The maximum atomic E-state index is 10.6. The molecule has 0 fully saturated rings. The third-order valence-electron chi connectivity index (χ3n) is 1.36. The molecule has 1 rings (SSSR count). The van der Waals surface area contributed by atoms with E-state index < -0.39 is 10.1 Å². The third-order valence-corrected chi connectivity index (χ3v) is 2.58. The van der Waals surface area contributed by atoms with Crippen molar-refractivity contribution in [1.29, 1.82) is 0 Å². The molecule has 0 spiro atoms. The monoisotopic (exact) mass is 205 g/mol. The number of halogens is 1. The van der Waals surface area contributed by atoms with E-state index in [1.54, 1.807) is 6.92 Å². The molecule has 3 nitrogen and oxygen atoms in total. The fourth-order valence-electron chi connectivity index (χ4n) is 0.672. The highest BCUT2D eigenvalue weighted by Crippen LogP contribution is 2.18. The summed E-state index contributed by atoms with van der Waals surface area (Å²) in [5.74, 6) is 0. The zero-order chi connectivity index (χ0) is 9.35. The van der Waals surface area contributed by atoms with Gasteiger partial charge in [-0.2, -0.15) is 8.42 Å². The van der Waals surface area contributed by atoms with E-state index in [0.29, 0.717) is 5.56 Å². The summed E-state index contributed by atoms with van der Waals surface area (Å²) in [5, 5.41) is 0.269. The summed E-state index contributed by atoms with van der Waals surface area (Å²) in [6.45, 7) is 1.69. The molecule has 1 aromatic carbocycles. The van der Waals surface area contributed by atoms with Gasteiger partial charge in [-0.05, 0) is 30.7 Å². The molecule has 0 bridgehead atoms. The maximum Gasteiger partial charge on any atom is 0.294 e. The van der Waals surface area contributed by atoms with Gasteiger partial charge in [0.15, 0.2) is 0 Å². The van der Waals surface area contributed by atoms with Crippen LogP contribution in [0.15, 0.2) is 17.0 Å². The smallest absolute Gasteiger partial charge is 0.282 e. The molecule has 0 unspecified atom stereocenters. The zero-order valence-corrected chi connectivity index (χ0v) is 7.78. The van der Waals surface area contributed by atoms with Crippen LogP contribution in [-0.4, -0.2) is 13.0 Å². The minimum Gasteiger partial charge on any atom is -0.282 e. The van der Waals surface area contributed by atoms with Crippen LogP contribution in [0.25, 0.3) is 0 Å². The van der Waals surface area contributed by atoms with Gasteiger partial charge < -0.3 is 0 Å². The van der Waals surface area contributed by atoms with Crippen molar-refractivity contribution in [2.75, 3.05) is 0 Å². The van der Waals surface area contributed by atoms with Gasteiger partial charge in [0.05, 0.1) is 4.90 Å². The molecule has 0 atom stereocenters. The number of hydrogen-bond donors (Lipinski definition) is 1. The second-order valence-electron chi connectivity index (χ2n) is 2.28. The van der Waals surface area contributed by atoms with Crippen LogP contribution in [-0.2, 0) is 10.1 Å². The second kappa shape index (κ2) is 3.05. The molecule has 1 aromatic rings. The normalized spacial score (nSPS) is 11.6. The van der Waals surface area contributed by atoms with Crippen LogP contribution < -0.4 is 0 Å². The highest BCUT2D eigenvalue weighted by molar-refractivity contribution is 7.85. The number of aryl methyl sites for hydroxylation is 1. The van der Waals surface area contributed by atoms with Gasteiger partial charge in [-0.3, -0.25) is 4.55 Å². The molecule has 0 saturated heterocycles. The first kappa shape index (κ1) is 9.51. The van der Waals surface area contributed by atoms with E-state index in [9.17, 15) is 8.42 Å². The molecule has 0 aliphatic carbocycles. The highest BCUT2D eigenvalue weighted by Gasteiger charge is 2.10. The first-order valence-electron chi connectivity index (χ1n) is 3.06. The van der Waals surface area contributed by atoms with Crippen LogP contribution in [0.3, 0.4) is 0 Å². The van der Waals surface area contributed by atoms with Crippen molar-refractivity contribution in [3.05, 3.63) is 28.8 Å². The van der Waals surface area contributed by atoms with E-state index in [2.05, 4.69) is 6.07 Å². The van der Waals surface area contributed by atoms with Gasteiger partial charge in [-0.15, -0.1) is 0 Å². The van der Waals surface area contributed by atoms with Gasteiger partial charge >= 0.3 is 0 Å². The molecular formula is C7H6ClO3S. The molecule has 0 aromatic heterocycles. The first-order valence-corrected chi connectivity index (χ1v) is 4.88. The van der Waals surface area contributed by atoms with Crippen molar-refractivity contribution in [3.63, 3.8) is 0 Å². The average Bonchev–Trinajstić information content (AvgIpc) is 1.92. The molecule has 0 amide bonds. The molecule has 5 heteroatoms. The van der Waals surface area contributed by atoms with Crippen LogP contribution in [0, 0.1) is 13.0 Å². The molecule has 12 heavy (non-hydrogen) atoms. The molecule has 0 heterocycles. The van der Waals surface area contributed by atoms with E-state index in [-0.39, 0.29) is 9.92 Å². The number of rotatable bonds is 1. The zero-order valence-electron chi connectivity index (χ0n) is 6.20. The Hall–Kier alpha value is -0.580. The van der Waals surface area contributed by atoms with Crippen LogP contribution in [0.4, 0.5) is 0 Å². The first-order chi connectivity index (χ1) is 5.41. The van der Waals surface area contributed by atoms with E-state index in [1.165, 1.54) is 12.1 Å². The van der Waals surface area contributed by atoms with Crippen LogP contribution in [0.1, 0.15) is 5.56 Å². The van der Waals surface area contributed by atoms with Crippen LogP contribution >= 0.6 is 11.6 Å². The Morgan fingerprint density at radius 2 is 2.17 bits per heavy atom. The molecule has 0 saturated carbocycles. The largest absolute Gasteiger partial charge is 0.294 e. The van der Waals surface area contributed by atoms with E-state index in [0.717, 1.165) is 0 Å². The molecule has 65 valence electrons. The lowest BCUT2D eigenvalue weighted by molar-refractivity contribution is 0.483. The molecule has 0 aliphatic rings. The summed E-state index contributed by atoms with van der Waals surface area (Å²) in [4.78, 5) is -0.238. The summed E-state index contributed by atoms with van der Waals surface area (Å²) >= 11 is 5.61. The van der Waals surface area contributed by atoms with Gasteiger partial charge in [-0.1, -0.05) is 11.6 Å². The topological polar surface area (TPSA) is 54.4 Å². The average molecular weight is 206 g/mol.